The lowest BCUT2D eigenvalue weighted by Crippen LogP contribution is -2.56. The molecule has 0 aliphatic carbocycles. The van der Waals surface area contributed by atoms with Crippen LogP contribution in [0.5, 0.6) is 0 Å². The normalized spacial score (nSPS) is 11.8. The second-order valence-electron chi connectivity index (χ2n) is 12.8. The highest BCUT2D eigenvalue weighted by Gasteiger charge is 2.31. The smallest absolute Gasteiger partial charge is 0.345 e. The standard InChI is InChI=1S/C36H41BN4O2/c1-7-27-10-18-31(19-11-27)35(42)38-33-22-14-28(15-23-33)8-9-29-16-24-34(25-17-29)39-36(43)32-20-12-30(13-21-32)26-41(5,6)37-40(2,3)4/h8-25,37H,7,26H2,1-6H3/p+2/b9-8+. The van der Waals surface area contributed by atoms with E-state index >= 15 is 0 Å². The molecule has 0 bridgehead atoms. The molecule has 4 rings (SSSR count). The van der Waals surface area contributed by atoms with Crippen LogP contribution in [0.15, 0.2) is 97.1 Å². The van der Waals surface area contributed by atoms with Crippen LogP contribution in [0.3, 0.4) is 0 Å². The predicted molar refractivity (Wildman–Crippen MR) is 181 cm³/mol. The summed E-state index contributed by atoms with van der Waals surface area (Å²) in [5.41, 5.74) is 7.23. The number of aryl methyl sites for hydroxylation is 1. The number of nitrogens with one attached hydrogen (secondary N) is 2. The fourth-order valence-corrected chi connectivity index (χ4v) is 5.30. The predicted octanol–water partition coefficient (Wildman–Crippen LogP) is 6.47. The monoisotopic (exact) mass is 574 g/mol. The molecule has 0 saturated heterocycles. The Hall–Kier alpha value is -4.46. The first kappa shape index (κ1) is 31.5. The fourth-order valence-electron chi connectivity index (χ4n) is 5.30. The minimum atomic E-state index is -0.125. The van der Waals surface area contributed by atoms with Gasteiger partial charge in [-0.1, -0.05) is 67.6 Å². The van der Waals surface area contributed by atoms with Crippen molar-refractivity contribution in [2.75, 3.05) is 45.9 Å². The number of carbonyl (C=O) groups excluding carboxylic acids is 2. The number of carbonyl (C=O) groups is 2. The number of hydrogen-bond acceptors (Lipinski definition) is 2. The highest BCUT2D eigenvalue weighted by molar-refractivity contribution is 6.16. The first-order chi connectivity index (χ1) is 20.4. The Labute approximate surface area is 257 Å². The number of rotatable bonds is 11. The summed E-state index contributed by atoms with van der Waals surface area (Å²) in [6.45, 7) is 3.00. The van der Waals surface area contributed by atoms with Crippen molar-refractivity contribution in [2.24, 2.45) is 0 Å². The van der Waals surface area contributed by atoms with Crippen LogP contribution in [0.2, 0.25) is 0 Å². The third-order valence-corrected chi connectivity index (χ3v) is 7.06. The van der Waals surface area contributed by atoms with Gasteiger partial charge < -0.3 is 19.4 Å². The van der Waals surface area contributed by atoms with E-state index in [9.17, 15) is 9.59 Å². The number of anilines is 2. The van der Waals surface area contributed by atoms with Gasteiger partial charge in [0.15, 0.2) is 0 Å². The maximum atomic E-state index is 12.8. The zero-order chi connectivity index (χ0) is 31.0. The zero-order valence-corrected chi connectivity index (χ0v) is 26.2. The van der Waals surface area contributed by atoms with E-state index in [2.05, 4.69) is 52.8 Å². The van der Waals surface area contributed by atoms with Crippen molar-refractivity contribution in [3.8, 4) is 0 Å². The largest absolute Gasteiger partial charge is 0.657 e. The molecule has 2 N–H and O–H groups in total. The lowest BCUT2D eigenvalue weighted by Gasteiger charge is -2.34. The maximum absolute atomic E-state index is 12.8. The molecule has 0 spiro atoms. The number of benzene rings is 4. The van der Waals surface area contributed by atoms with Crippen molar-refractivity contribution in [1.82, 2.24) is 0 Å². The summed E-state index contributed by atoms with van der Waals surface area (Å²) in [7, 11) is 12.1. The van der Waals surface area contributed by atoms with Crippen molar-refractivity contribution < 1.29 is 18.4 Å². The molecule has 0 fully saturated rings. The maximum Gasteiger partial charge on any atom is 0.657 e. The molecule has 0 saturated carbocycles. The average Bonchev–Trinajstić information content (AvgIpc) is 2.96. The highest BCUT2D eigenvalue weighted by atomic mass is 16.2. The number of quaternary nitrogens is 2. The van der Waals surface area contributed by atoms with Gasteiger partial charge >= 0.3 is 7.55 Å². The Morgan fingerprint density at radius 1 is 0.605 bits per heavy atom. The van der Waals surface area contributed by atoms with E-state index in [1.807, 2.05) is 109 Å². The van der Waals surface area contributed by atoms with Crippen LogP contribution < -0.4 is 10.6 Å². The summed E-state index contributed by atoms with van der Waals surface area (Å²) in [6.07, 6.45) is 4.99. The van der Waals surface area contributed by atoms with Crippen molar-refractivity contribution in [3.63, 3.8) is 0 Å². The van der Waals surface area contributed by atoms with Crippen LogP contribution in [-0.2, 0) is 13.0 Å². The van der Waals surface area contributed by atoms with E-state index in [4.69, 9.17) is 0 Å². The molecule has 2 amide bonds. The molecule has 43 heavy (non-hydrogen) atoms. The molecule has 0 aromatic heterocycles. The van der Waals surface area contributed by atoms with E-state index in [0.29, 0.717) is 11.1 Å². The molecule has 0 heterocycles. The second-order valence-corrected chi connectivity index (χ2v) is 12.8. The van der Waals surface area contributed by atoms with Crippen LogP contribution in [0.25, 0.3) is 12.2 Å². The molecular formula is C36H43BN4O2+2. The van der Waals surface area contributed by atoms with Crippen LogP contribution in [0, 0.1) is 0 Å². The Balaban J connectivity index is 1.28. The van der Waals surface area contributed by atoms with Crippen LogP contribution in [0.1, 0.15) is 49.9 Å². The molecule has 220 valence electrons. The fraction of sp³-hybridized carbons (Fsp3) is 0.222. The van der Waals surface area contributed by atoms with Gasteiger partial charge in [0.2, 0.25) is 0 Å². The minimum absolute atomic E-state index is 0.121. The molecule has 0 aliphatic heterocycles. The van der Waals surface area contributed by atoms with E-state index < -0.39 is 0 Å². The van der Waals surface area contributed by atoms with E-state index in [0.717, 1.165) is 51.8 Å². The van der Waals surface area contributed by atoms with Gasteiger partial charge in [-0.05, 0) is 71.6 Å². The molecule has 7 heteroatoms. The zero-order valence-electron chi connectivity index (χ0n) is 26.2. The molecule has 0 aliphatic rings. The molecule has 0 atom stereocenters. The van der Waals surface area contributed by atoms with Gasteiger partial charge in [-0.2, -0.15) is 0 Å². The Morgan fingerprint density at radius 2 is 1.00 bits per heavy atom. The van der Waals surface area contributed by atoms with Gasteiger partial charge in [0.1, 0.15) is 0 Å². The third kappa shape index (κ3) is 9.81. The Morgan fingerprint density at radius 3 is 1.37 bits per heavy atom. The van der Waals surface area contributed by atoms with E-state index in [-0.39, 0.29) is 11.8 Å². The number of nitrogens with zero attached hydrogens (tertiary/aromatic N) is 2. The Bertz CT molecular complexity index is 1550. The summed E-state index contributed by atoms with van der Waals surface area (Å²) in [5, 5.41) is 5.94. The van der Waals surface area contributed by atoms with Gasteiger partial charge in [-0.25, -0.2) is 0 Å². The molecule has 4 aromatic carbocycles. The number of amides is 2. The lowest BCUT2D eigenvalue weighted by atomic mass is 9.97. The third-order valence-electron chi connectivity index (χ3n) is 7.06. The summed E-state index contributed by atoms with van der Waals surface area (Å²) in [5.74, 6) is -0.246. The van der Waals surface area contributed by atoms with Gasteiger partial charge in [0, 0.05) is 28.1 Å². The molecule has 0 radical (unpaired) electrons. The second kappa shape index (κ2) is 13.7. The first-order valence-corrected chi connectivity index (χ1v) is 14.7. The summed E-state index contributed by atoms with van der Waals surface area (Å²) >= 11 is 0. The molecule has 4 aromatic rings. The van der Waals surface area contributed by atoms with E-state index in [1.54, 1.807) is 0 Å². The van der Waals surface area contributed by atoms with Crippen molar-refractivity contribution in [2.45, 2.75) is 19.9 Å². The highest BCUT2D eigenvalue weighted by Crippen LogP contribution is 2.18. The van der Waals surface area contributed by atoms with Crippen molar-refractivity contribution in [1.29, 1.82) is 0 Å². The molecular weight excluding hydrogens is 531 g/mol. The van der Waals surface area contributed by atoms with E-state index in [1.165, 1.54) is 11.1 Å². The van der Waals surface area contributed by atoms with Crippen LogP contribution in [-0.4, -0.2) is 63.4 Å². The molecule has 6 nitrogen and oxygen atoms in total. The van der Waals surface area contributed by atoms with Crippen LogP contribution >= 0.6 is 0 Å². The lowest BCUT2D eigenvalue weighted by molar-refractivity contribution is -0.888. The minimum Gasteiger partial charge on any atom is -0.345 e. The SMILES string of the molecule is CCc1ccc(C(=O)Nc2ccc(/C=C/c3ccc(NC(=O)c4ccc(C[N+](C)(C)B[N+](C)(C)C)cc4)cc3)cc2)cc1. The van der Waals surface area contributed by atoms with Gasteiger partial charge in [-0.15, -0.1) is 0 Å². The first-order valence-electron chi connectivity index (χ1n) is 14.7. The summed E-state index contributed by atoms with van der Waals surface area (Å²) in [4.78, 5) is 25.4. The van der Waals surface area contributed by atoms with Gasteiger partial charge in [0.25, 0.3) is 11.8 Å². The summed E-state index contributed by atoms with van der Waals surface area (Å²) in [6, 6.07) is 31.1. The molecule has 0 unspecified atom stereocenters. The van der Waals surface area contributed by atoms with Crippen molar-refractivity contribution >= 4 is 42.9 Å². The average molecular weight is 575 g/mol. The quantitative estimate of drug-likeness (QED) is 0.159. The Kier molecular flexibility index (Phi) is 10.0. The van der Waals surface area contributed by atoms with Gasteiger partial charge in [0.05, 0.1) is 41.8 Å². The number of hydrogen-bond donors (Lipinski definition) is 2. The topological polar surface area (TPSA) is 58.2 Å². The van der Waals surface area contributed by atoms with Crippen LogP contribution in [0.4, 0.5) is 11.4 Å². The summed E-state index contributed by atoms with van der Waals surface area (Å²) < 4.78 is 1.76. The van der Waals surface area contributed by atoms with Crippen molar-refractivity contribution in [3.05, 3.63) is 130 Å². The van der Waals surface area contributed by atoms with Gasteiger partial charge in [-0.3, -0.25) is 9.59 Å².